The normalized spacial score (nSPS) is 17.0. The van der Waals surface area contributed by atoms with Crippen molar-refractivity contribution in [3.63, 3.8) is 0 Å². The number of aryl methyl sites for hydroxylation is 2. The first-order chi connectivity index (χ1) is 26.8. The van der Waals surface area contributed by atoms with Crippen molar-refractivity contribution in [1.82, 2.24) is 20.9 Å². The number of nitrogens with zero attached hydrogens (tertiary/aromatic N) is 1. The number of carbonyl (C=O) groups is 4. The van der Waals surface area contributed by atoms with Crippen molar-refractivity contribution in [1.29, 1.82) is 0 Å². The van der Waals surface area contributed by atoms with Gasteiger partial charge in [-0.05, 0) is 105 Å². The topological polar surface area (TPSA) is 146 Å². The van der Waals surface area contributed by atoms with Crippen molar-refractivity contribution in [2.24, 2.45) is 5.92 Å². The fraction of sp³-hybridized carbons (Fsp3) is 0.467. The number of aliphatic hydroxyl groups excluding tert-OH is 1. The molecule has 1 saturated heterocycles. The minimum atomic E-state index is -1.05. The van der Waals surface area contributed by atoms with Crippen LogP contribution in [0.5, 0.6) is 5.75 Å². The van der Waals surface area contributed by atoms with Crippen LogP contribution in [0, 0.1) is 19.8 Å². The van der Waals surface area contributed by atoms with Crippen LogP contribution in [0.2, 0.25) is 0 Å². The molecule has 2 aliphatic rings. The smallest absolute Gasteiger partial charge is 0.324 e. The van der Waals surface area contributed by atoms with E-state index in [1.807, 2.05) is 114 Å². The highest BCUT2D eigenvalue weighted by Gasteiger charge is 2.57. The number of esters is 1. The van der Waals surface area contributed by atoms with E-state index in [1.54, 1.807) is 11.8 Å². The Morgan fingerprint density at radius 1 is 0.893 bits per heavy atom. The van der Waals surface area contributed by atoms with E-state index in [9.17, 15) is 24.3 Å². The molecule has 0 spiro atoms. The predicted molar refractivity (Wildman–Crippen MR) is 216 cm³/mol. The number of ether oxygens (including phenoxy) is 2. The number of amides is 4. The van der Waals surface area contributed by atoms with Gasteiger partial charge in [0.2, 0.25) is 5.91 Å². The molecule has 3 aromatic rings. The molecule has 1 aliphatic heterocycles. The molecule has 11 nitrogen and oxygen atoms in total. The van der Waals surface area contributed by atoms with Gasteiger partial charge in [0.25, 0.3) is 5.91 Å². The highest BCUT2D eigenvalue weighted by atomic mass is 16.5. The van der Waals surface area contributed by atoms with Crippen LogP contribution in [0.3, 0.4) is 0 Å². The molecule has 4 N–H and O–H groups in total. The van der Waals surface area contributed by atoms with Crippen molar-refractivity contribution in [2.75, 3.05) is 26.3 Å². The molecule has 0 saturated carbocycles. The molecular weight excluding hydrogens is 709 g/mol. The zero-order valence-electron chi connectivity index (χ0n) is 33.8. The van der Waals surface area contributed by atoms with Crippen LogP contribution in [0.15, 0.2) is 83.9 Å². The highest BCUT2D eigenvalue weighted by molar-refractivity contribution is 5.98. The van der Waals surface area contributed by atoms with Crippen molar-refractivity contribution >= 4 is 23.8 Å². The third-order valence-electron chi connectivity index (χ3n) is 11.1. The Morgan fingerprint density at radius 2 is 1.48 bits per heavy atom. The molecule has 1 aliphatic carbocycles. The van der Waals surface area contributed by atoms with Gasteiger partial charge in [-0.1, -0.05) is 86.6 Å². The summed E-state index contributed by atoms with van der Waals surface area (Å²) < 4.78 is 11.6. The third kappa shape index (κ3) is 9.61. The summed E-state index contributed by atoms with van der Waals surface area (Å²) >= 11 is 0. The summed E-state index contributed by atoms with van der Waals surface area (Å²) in [5.74, 6) is -0.579. The van der Waals surface area contributed by atoms with E-state index in [4.69, 9.17) is 9.47 Å². The predicted octanol–water partition coefficient (Wildman–Crippen LogP) is 5.48. The average Bonchev–Trinajstić information content (AvgIpc) is 3.72. The molecule has 11 heteroatoms. The van der Waals surface area contributed by atoms with E-state index < -0.39 is 35.6 Å². The lowest BCUT2D eigenvalue weighted by atomic mass is 9.86. The fourth-order valence-electron chi connectivity index (χ4n) is 8.14. The van der Waals surface area contributed by atoms with Gasteiger partial charge in [0.1, 0.15) is 17.2 Å². The van der Waals surface area contributed by atoms with Gasteiger partial charge in [0.15, 0.2) is 6.61 Å². The summed E-state index contributed by atoms with van der Waals surface area (Å²) in [6.07, 6.45) is 0.623. The molecule has 4 atom stereocenters. The summed E-state index contributed by atoms with van der Waals surface area (Å²) in [6.45, 7) is 14.4. The molecule has 1 fully saturated rings. The van der Waals surface area contributed by atoms with Crippen LogP contribution in [-0.2, 0) is 37.4 Å². The van der Waals surface area contributed by atoms with Gasteiger partial charge >= 0.3 is 12.0 Å². The van der Waals surface area contributed by atoms with Crippen LogP contribution in [0.25, 0.3) is 0 Å². The summed E-state index contributed by atoms with van der Waals surface area (Å²) in [7, 11) is 0. The Kier molecular flexibility index (Phi) is 14.0. The molecule has 0 bridgehead atoms. The largest absolute Gasteiger partial charge is 0.483 e. The van der Waals surface area contributed by atoms with E-state index in [1.165, 1.54) is 0 Å². The summed E-state index contributed by atoms with van der Waals surface area (Å²) in [4.78, 5) is 55.1. The Hall–Kier alpha value is -5.16. The monoisotopic (exact) mass is 766 g/mol. The molecule has 0 aromatic heterocycles. The minimum absolute atomic E-state index is 0.144. The number of rotatable bonds is 18. The second kappa shape index (κ2) is 18.7. The van der Waals surface area contributed by atoms with Crippen LogP contribution in [0.1, 0.15) is 75.3 Å². The number of hydrogen-bond donors (Lipinski definition) is 4. The van der Waals surface area contributed by atoms with Crippen LogP contribution < -0.4 is 20.7 Å². The Bertz CT molecular complexity index is 1860. The zero-order chi connectivity index (χ0) is 40.6. The van der Waals surface area contributed by atoms with E-state index in [0.717, 1.165) is 45.4 Å². The first kappa shape index (κ1) is 42.0. The van der Waals surface area contributed by atoms with Crippen molar-refractivity contribution in [2.45, 2.75) is 104 Å². The van der Waals surface area contributed by atoms with Crippen LogP contribution in [0.4, 0.5) is 4.79 Å². The van der Waals surface area contributed by atoms with Gasteiger partial charge in [-0.25, -0.2) is 4.79 Å². The van der Waals surface area contributed by atoms with Gasteiger partial charge in [0, 0.05) is 19.1 Å². The highest BCUT2D eigenvalue weighted by Crippen LogP contribution is 2.55. The van der Waals surface area contributed by atoms with E-state index >= 15 is 0 Å². The van der Waals surface area contributed by atoms with Crippen molar-refractivity contribution in [3.8, 4) is 5.75 Å². The molecule has 1 heterocycles. The van der Waals surface area contributed by atoms with E-state index in [0.29, 0.717) is 31.7 Å². The number of carbonyl (C=O) groups excluding carboxylic acids is 4. The van der Waals surface area contributed by atoms with E-state index in [-0.39, 0.29) is 43.5 Å². The van der Waals surface area contributed by atoms with Gasteiger partial charge < -0.3 is 35.4 Å². The number of benzene rings is 3. The summed E-state index contributed by atoms with van der Waals surface area (Å²) in [5.41, 5.74) is 5.38. The Morgan fingerprint density at radius 3 is 2.02 bits per heavy atom. The number of nitrogens with one attached hydrogen (secondary N) is 3. The maximum atomic E-state index is 14.0. The second-order valence-electron chi connectivity index (χ2n) is 15.5. The molecule has 4 amide bonds. The SMILES string of the molecule is CCOC(=O)C1(c2cc(C)c(OCC(=O)N[C@@H](Cc3ccccc3)[C@@H](O)CC(Cc3ccccc3)NC(=O)[C@H](C(C)C)N3CCCNC3=O)c(C)c2)C(C)=C1C. The van der Waals surface area contributed by atoms with E-state index in [2.05, 4.69) is 16.0 Å². The minimum Gasteiger partial charge on any atom is -0.483 e. The molecule has 1 unspecified atom stereocenters. The molecule has 56 heavy (non-hydrogen) atoms. The molecular formula is C45H58N4O7. The lowest BCUT2D eigenvalue weighted by molar-refractivity contribution is -0.145. The first-order valence-corrected chi connectivity index (χ1v) is 19.8. The lowest BCUT2D eigenvalue weighted by Gasteiger charge is -2.37. The van der Waals surface area contributed by atoms with Gasteiger partial charge in [-0.15, -0.1) is 0 Å². The standard InChI is InChI=1S/C45H58N4O7/c1-8-55-43(53)45(31(6)32(45)7)35-22-29(4)41(30(5)23-35)56-27-39(51)48-37(25-34-18-13-10-14-19-34)38(50)26-36(24-33-16-11-9-12-17-33)47-42(52)40(28(2)3)49-21-15-20-46-44(49)54/h9-14,16-19,22-23,28,36-38,40,50H,8,15,20-21,24-27H2,1-7H3,(H,46,54)(H,47,52)(H,48,51)/t36?,37-,38-,40-/m0/s1. The Labute approximate surface area is 331 Å². The summed E-state index contributed by atoms with van der Waals surface area (Å²) in [6, 6.07) is 21.0. The molecule has 5 rings (SSSR count). The van der Waals surface area contributed by atoms with Crippen molar-refractivity contribution in [3.05, 3.63) is 112 Å². The maximum absolute atomic E-state index is 14.0. The quantitative estimate of drug-likeness (QED) is 0.0992. The van der Waals surface area contributed by atoms with Crippen LogP contribution in [-0.4, -0.2) is 84.4 Å². The Balaban J connectivity index is 1.32. The first-order valence-electron chi connectivity index (χ1n) is 19.8. The third-order valence-corrected chi connectivity index (χ3v) is 11.1. The maximum Gasteiger partial charge on any atom is 0.324 e. The van der Waals surface area contributed by atoms with Crippen LogP contribution >= 0.6 is 0 Å². The molecule has 300 valence electrons. The second-order valence-corrected chi connectivity index (χ2v) is 15.5. The lowest BCUT2D eigenvalue weighted by Crippen LogP contribution is -2.59. The number of urea groups is 1. The van der Waals surface area contributed by atoms with Gasteiger partial charge in [-0.2, -0.15) is 0 Å². The summed E-state index contributed by atoms with van der Waals surface area (Å²) in [5, 5.41) is 21.0. The number of hydrogen-bond acceptors (Lipinski definition) is 7. The average molecular weight is 767 g/mol. The number of aliphatic hydroxyl groups is 1. The molecule has 0 radical (unpaired) electrons. The van der Waals surface area contributed by atoms with Gasteiger partial charge in [-0.3, -0.25) is 14.4 Å². The molecule has 3 aromatic carbocycles. The van der Waals surface area contributed by atoms with Gasteiger partial charge in [0.05, 0.1) is 18.8 Å². The zero-order valence-corrected chi connectivity index (χ0v) is 33.8. The fourth-order valence-corrected chi connectivity index (χ4v) is 8.14. The van der Waals surface area contributed by atoms with Crippen molar-refractivity contribution < 1.29 is 33.8 Å².